The van der Waals surface area contributed by atoms with Crippen molar-refractivity contribution < 1.29 is 0 Å². The second kappa shape index (κ2) is 6.18. The second-order valence-corrected chi connectivity index (χ2v) is 5.27. The van der Waals surface area contributed by atoms with E-state index in [0.717, 1.165) is 11.8 Å². The van der Waals surface area contributed by atoms with Gasteiger partial charge in [0.15, 0.2) is 0 Å². The van der Waals surface area contributed by atoms with Crippen LogP contribution in [0.5, 0.6) is 0 Å². The Balaban J connectivity index is 2.57. The van der Waals surface area contributed by atoms with Crippen molar-refractivity contribution in [1.29, 1.82) is 0 Å². The molecule has 1 aliphatic carbocycles. The quantitative estimate of drug-likeness (QED) is 0.570. The maximum atomic E-state index is 3.85. The first-order chi connectivity index (χ1) is 7.19. The van der Waals surface area contributed by atoms with E-state index >= 15 is 0 Å². The normalized spacial score (nSPS) is 28.2. The van der Waals surface area contributed by atoms with Crippen LogP contribution in [0.3, 0.4) is 0 Å². The van der Waals surface area contributed by atoms with Crippen molar-refractivity contribution in [2.75, 3.05) is 0 Å². The van der Waals surface area contributed by atoms with Gasteiger partial charge in [-0.15, -0.1) is 5.73 Å². The number of allylic oxidation sites excluding steroid dienone is 1. The molecule has 0 amide bonds. The zero-order valence-corrected chi connectivity index (χ0v) is 10.7. The molecule has 3 unspecified atom stereocenters. The Morgan fingerprint density at radius 3 is 2.73 bits per heavy atom. The first kappa shape index (κ1) is 12.6. The molecular weight excluding hydrogens is 180 g/mol. The van der Waals surface area contributed by atoms with Crippen molar-refractivity contribution >= 4 is 0 Å². The molecule has 1 rings (SSSR count). The standard InChI is InChI=1S/C15H26/c1-5-8-14(6-2)13(4)15-10-7-9-12(3)11-15/h12-13,15H,2,5,7-11H2,1,3-4H3. The molecule has 0 spiro atoms. The lowest BCUT2D eigenvalue weighted by atomic mass is 9.73. The Morgan fingerprint density at radius 2 is 2.20 bits per heavy atom. The van der Waals surface area contributed by atoms with Crippen molar-refractivity contribution in [3.63, 3.8) is 0 Å². The molecule has 0 aliphatic heterocycles. The fraction of sp³-hybridized carbons (Fsp3) is 0.800. The molecule has 0 heterocycles. The predicted octanol–water partition coefficient (Wildman–Crippen LogP) is 4.96. The highest BCUT2D eigenvalue weighted by Gasteiger charge is 2.25. The van der Waals surface area contributed by atoms with Crippen LogP contribution in [0.4, 0.5) is 0 Å². The topological polar surface area (TPSA) is 0 Å². The van der Waals surface area contributed by atoms with Gasteiger partial charge in [-0.1, -0.05) is 46.6 Å². The molecule has 0 aromatic carbocycles. The van der Waals surface area contributed by atoms with Crippen LogP contribution < -0.4 is 0 Å². The van der Waals surface area contributed by atoms with Crippen LogP contribution >= 0.6 is 0 Å². The third-order valence-corrected chi connectivity index (χ3v) is 3.98. The van der Waals surface area contributed by atoms with Gasteiger partial charge < -0.3 is 0 Å². The van der Waals surface area contributed by atoms with Gasteiger partial charge in [0.25, 0.3) is 0 Å². The first-order valence-corrected chi connectivity index (χ1v) is 6.57. The van der Waals surface area contributed by atoms with Gasteiger partial charge in [0.2, 0.25) is 0 Å². The molecule has 0 radical (unpaired) electrons. The minimum atomic E-state index is 0.713. The zero-order valence-electron chi connectivity index (χ0n) is 10.7. The van der Waals surface area contributed by atoms with Crippen molar-refractivity contribution in [3.8, 4) is 0 Å². The second-order valence-electron chi connectivity index (χ2n) is 5.27. The molecule has 0 bridgehead atoms. The number of rotatable bonds is 4. The summed E-state index contributed by atoms with van der Waals surface area (Å²) in [6.45, 7) is 10.9. The van der Waals surface area contributed by atoms with Crippen LogP contribution in [0.25, 0.3) is 0 Å². The van der Waals surface area contributed by atoms with Gasteiger partial charge in [-0.05, 0) is 42.6 Å². The molecule has 1 fully saturated rings. The largest absolute Gasteiger partial charge is 0.129 e. The average molecular weight is 206 g/mol. The Hall–Kier alpha value is -0.480. The lowest BCUT2D eigenvalue weighted by molar-refractivity contribution is 0.232. The highest BCUT2D eigenvalue weighted by Crippen LogP contribution is 2.37. The average Bonchev–Trinajstić information content (AvgIpc) is 2.25. The fourth-order valence-electron chi connectivity index (χ4n) is 2.97. The minimum Gasteiger partial charge on any atom is -0.129 e. The van der Waals surface area contributed by atoms with E-state index in [1.807, 2.05) is 0 Å². The van der Waals surface area contributed by atoms with Crippen LogP contribution in [0.15, 0.2) is 17.9 Å². The molecule has 0 aromatic rings. The van der Waals surface area contributed by atoms with Crippen molar-refractivity contribution in [2.45, 2.75) is 59.3 Å². The molecule has 1 saturated carbocycles. The van der Waals surface area contributed by atoms with E-state index in [1.165, 1.54) is 44.1 Å². The SMILES string of the molecule is C=C=C(CCC)C(C)C1CCCC(C)C1. The molecule has 1 aliphatic rings. The minimum absolute atomic E-state index is 0.713. The third kappa shape index (κ3) is 3.54. The monoisotopic (exact) mass is 206 g/mol. The summed E-state index contributed by atoms with van der Waals surface area (Å²) in [6.07, 6.45) is 8.10. The van der Waals surface area contributed by atoms with Gasteiger partial charge in [0.05, 0.1) is 0 Å². The van der Waals surface area contributed by atoms with Crippen molar-refractivity contribution in [1.82, 2.24) is 0 Å². The molecule has 0 N–H and O–H groups in total. The molecule has 15 heavy (non-hydrogen) atoms. The maximum absolute atomic E-state index is 3.85. The molecule has 0 nitrogen and oxygen atoms in total. The lowest BCUT2D eigenvalue weighted by Gasteiger charge is -2.32. The Morgan fingerprint density at radius 1 is 1.47 bits per heavy atom. The van der Waals surface area contributed by atoms with E-state index in [0.29, 0.717) is 5.92 Å². The Bertz CT molecular complexity index is 232. The lowest BCUT2D eigenvalue weighted by Crippen LogP contribution is -2.21. The van der Waals surface area contributed by atoms with Gasteiger partial charge >= 0.3 is 0 Å². The molecule has 0 heteroatoms. The van der Waals surface area contributed by atoms with Crippen molar-refractivity contribution in [2.24, 2.45) is 17.8 Å². The summed E-state index contributed by atoms with van der Waals surface area (Å²) in [5.74, 6) is 2.54. The van der Waals surface area contributed by atoms with Crippen molar-refractivity contribution in [3.05, 3.63) is 17.9 Å². The van der Waals surface area contributed by atoms with E-state index in [9.17, 15) is 0 Å². The molecule has 3 atom stereocenters. The Labute approximate surface area is 95.5 Å². The van der Waals surface area contributed by atoms with Crippen LogP contribution in [0.2, 0.25) is 0 Å². The van der Waals surface area contributed by atoms with Gasteiger partial charge in [-0.25, -0.2) is 0 Å². The number of hydrogen-bond acceptors (Lipinski definition) is 0. The van der Waals surface area contributed by atoms with E-state index < -0.39 is 0 Å². The van der Waals surface area contributed by atoms with Gasteiger partial charge in [0.1, 0.15) is 0 Å². The van der Waals surface area contributed by atoms with Crippen LogP contribution in [-0.4, -0.2) is 0 Å². The third-order valence-electron chi connectivity index (χ3n) is 3.98. The van der Waals surface area contributed by atoms with E-state index in [1.54, 1.807) is 0 Å². The predicted molar refractivity (Wildman–Crippen MR) is 67.8 cm³/mol. The van der Waals surface area contributed by atoms with E-state index in [2.05, 4.69) is 33.1 Å². The van der Waals surface area contributed by atoms with E-state index in [-0.39, 0.29) is 0 Å². The molecule has 0 aromatic heterocycles. The summed E-state index contributed by atoms with van der Waals surface area (Å²) >= 11 is 0. The van der Waals surface area contributed by atoms with Gasteiger partial charge in [0, 0.05) is 0 Å². The van der Waals surface area contributed by atoms with Crippen LogP contribution in [-0.2, 0) is 0 Å². The highest BCUT2D eigenvalue weighted by molar-refractivity contribution is 5.05. The summed E-state index contributed by atoms with van der Waals surface area (Å²) in [5, 5.41) is 0. The molecular formula is C15H26. The number of hydrogen-bond donors (Lipinski definition) is 0. The highest BCUT2D eigenvalue weighted by atomic mass is 14.3. The summed E-state index contributed by atoms with van der Waals surface area (Å²) in [4.78, 5) is 0. The van der Waals surface area contributed by atoms with E-state index in [4.69, 9.17) is 0 Å². The maximum Gasteiger partial charge on any atom is -0.0127 e. The van der Waals surface area contributed by atoms with Gasteiger partial charge in [-0.3, -0.25) is 0 Å². The van der Waals surface area contributed by atoms with Crippen LogP contribution in [0, 0.1) is 17.8 Å². The Kier molecular flexibility index (Phi) is 5.19. The smallest absolute Gasteiger partial charge is 0.0127 e. The first-order valence-electron chi connectivity index (χ1n) is 6.57. The van der Waals surface area contributed by atoms with Crippen LogP contribution in [0.1, 0.15) is 59.3 Å². The summed E-state index contributed by atoms with van der Waals surface area (Å²) in [5.41, 5.74) is 4.65. The summed E-state index contributed by atoms with van der Waals surface area (Å²) in [7, 11) is 0. The van der Waals surface area contributed by atoms with Gasteiger partial charge in [-0.2, -0.15) is 0 Å². The zero-order chi connectivity index (χ0) is 11.3. The summed E-state index contributed by atoms with van der Waals surface area (Å²) in [6, 6.07) is 0. The summed E-state index contributed by atoms with van der Waals surface area (Å²) < 4.78 is 0. The fourth-order valence-corrected chi connectivity index (χ4v) is 2.97. The molecule has 0 saturated heterocycles. The molecule has 86 valence electrons.